The van der Waals surface area contributed by atoms with Crippen LogP contribution in [0.2, 0.25) is 5.02 Å². The molecule has 0 saturated heterocycles. The van der Waals surface area contributed by atoms with Gasteiger partial charge in [0, 0.05) is 22.6 Å². The SMILES string of the molecule is CS(C)(C)CCOCn1cc(C(F)(F)F)nc1-c1ncc(Br)cc1Cl. The molecule has 4 nitrogen and oxygen atoms in total. The van der Waals surface area contributed by atoms with Crippen molar-refractivity contribution >= 4 is 37.6 Å². The maximum atomic E-state index is 13.0. The van der Waals surface area contributed by atoms with E-state index in [1.807, 2.05) is 0 Å². The Balaban J connectivity index is 2.29. The van der Waals surface area contributed by atoms with Crippen molar-refractivity contribution in [2.75, 3.05) is 31.1 Å². The summed E-state index contributed by atoms with van der Waals surface area (Å²) in [7, 11) is -0.739. The van der Waals surface area contributed by atoms with Crippen LogP contribution in [0.4, 0.5) is 13.2 Å². The van der Waals surface area contributed by atoms with Gasteiger partial charge in [-0.25, -0.2) is 15.0 Å². The van der Waals surface area contributed by atoms with Gasteiger partial charge in [0.1, 0.15) is 12.4 Å². The minimum Gasteiger partial charge on any atom is -0.360 e. The van der Waals surface area contributed by atoms with Crippen LogP contribution in [0.1, 0.15) is 5.69 Å². The lowest BCUT2D eigenvalue weighted by Crippen LogP contribution is -2.10. The van der Waals surface area contributed by atoms with Crippen LogP contribution in [0.5, 0.6) is 0 Å². The minimum atomic E-state index is -4.56. The summed E-state index contributed by atoms with van der Waals surface area (Å²) in [6, 6.07) is 1.56. The Bertz CT molecular complexity index is 747. The number of alkyl halides is 3. The molecule has 0 spiro atoms. The van der Waals surface area contributed by atoms with E-state index in [4.69, 9.17) is 16.3 Å². The Morgan fingerprint density at radius 1 is 1.32 bits per heavy atom. The number of pyridine rings is 1. The van der Waals surface area contributed by atoms with E-state index in [0.717, 1.165) is 11.9 Å². The first-order chi connectivity index (χ1) is 11.5. The highest BCUT2D eigenvalue weighted by atomic mass is 79.9. The molecule has 0 amide bonds. The first kappa shape index (κ1) is 20.5. The molecule has 140 valence electrons. The Morgan fingerprint density at radius 3 is 2.56 bits per heavy atom. The second-order valence-electron chi connectivity index (χ2n) is 6.23. The van der Waals surface area contributed by atoms with Crippen LogP contribution < -0.4 is 0 Å². The third kappa shape index (κ3) is 5.87. The van der Waals surface area contributed by atoms with E-state index in [2.05, 4.69) is 44.7 Å². The summed E-state index contributed by atoms with van der Waals surface area (Å²) in [5.74, 6) is 0.883. The highest BCUT2D eigenvalue weighted by Crippen LogP contribution is 2.35. The van der Waals surface area contributed by atoms with Gasteiger partial charge in [0.05, 0.1) is 11.6 Å². The monoisotopic (exact) mass is 459 g/mol. The third-order valence-electron chi connectivity index (χ3n) is 3.16. The maximum absolute atomic E-state index is 13.0. The molecule has 0 unspecified atom stereocenters. The number of rotatable bonds is 6. The molecule has 25 heavy (non-hydrogen) atoms. The van der Waals surface area contributed by atoms with Crippen molar-refractivity contribution in [3.05, 3.63) is 33.6 Å². The molecule has 0 aliphatic heterocycles. The molecule has 0 saturated carbocycles. The second kappa shape index (κ2) is 7.85. The van der Waals surface area contributed by atoms with E-state index in [-0.39, 0.29) is 23.3 Å². The van der Waals surface area contributed by atoms with Crippen molar-refractivity contribution in [2.24, 2.45) is 0 Å². The molecule has 0 aromatic carbocycles. The summed E-state index contributed by atoms with van der Waals surface area (Å²) in [5, 5.41) is 0.203. The lowest BCUT2D eigenvalue weighted by Gasteiger charge is -2.24. The Kier molecular flexibility index (Phi) is 6.45. The molecule has 2 aromatic heterocycles. The topological polar surface area (TPSA) is 39.9 Å². The standard InChI is InChI=1S/C15H18BrClF3N3OS/c1-25(2,3)5-4-24-9-23-8-12(15(18,19)20)22-14(23)13-11(17)6-10(16)7-21-13/h6-8H,4-5,9H2,1-3H3. The Hall–Kier alpha value is -0.770. The van der Waals surface area contributed by atoms with E-state index in [1.54, 1.807) is 6.07 Å². The van der Waals surface area contributed by atoms with Gasteiger partial charge in [-0.1, -0.05) is 11.6 Å². The number of hydrogen-bond acceptors (Lipinski definition) is 3. The first-order valence-corrected chi connectivity index (χ1v) is 11.4. The largest absolute Gasteiger partial charge is 0.434 e. The summed E-state index contributed by atoms with van der Waals surface area (Å²) in [5.41, 5.74) is -0.834. The van der Waals surface area contributed by atoms with Crippen LogP contribution in [-0.4, -0.2) is 45.7 Å². The predicted octanol–water partition coefficient (Wildman–Crippen LogP) is 5.05. The van der Waals surface area contributed by atoms with Gasteiger partial charge < -0.3 is 9.30 Å². The van der Waals surface area contributed by atoms with Crippen LogP contribution in [-0.2, 0) is 17.6 Å². The van der Waals surface area contributed by atoms with E-state index in [1.165, 1.54) is 10.8 Å². The van der Waals surface area contributed by atoms with Crippen LogP contribution in [0.15, 0.2) is 22.9 Å². The molecule has 0 bridgehead atoms. The average Bonchev–Trinajstić information content (AvgIpc) is 2.86. The van der Waals surface area contributed by atoms with Crippen LogP contribution in [0, 0.1) is 0 Å². The maximum Gasteiger partial charge on any atom is 0.434 e. The van der Waals surface area contributed by atoms with Gasteiger partial charge in [-0.2, -0.15) is 13.2 Å². The van der Waals surface area contributed by atoms with Gasteiger partial charge in [0.25, 0.3) is 0 Å². The quantitative estimate of drug-likeness (QED) is 0.567. The molecule has 0 radical (unpaired) electrons. The van der Waals surface area contributed by atoms with Crippen LogP contribution in [0.25, 0.3) is 11.5 Å². The first-order valence-electron chi connectivity index (χ1n) is 7.17. The molecule has 0 aliphatic carbocycles. The van der Waals surface area contributed by atoms with Gasteiger partial charge in [0.2, 0.25) is 0 Å². The van der Waals surface area contributed by atoms with Gasteiger partial charge in [-0.3, -0.25) is 4.98 Å². The summed E-state index contributed by atoms with van der Waals surface area (Å²) >= 11 is 9.33. The summed E-state index contributed by atoms with van der Waals surface area (Å²) in [6.07, 6.45) is 4.25. The van der Waals surface area contributed by atoms with Crippen molar-refractivity contribution in [1.82, 2.24) is 14.5 Å². The van der Waals surface area contributed by atoms with Crippen molar-refractivity contribution < 1.29 is 17.9 Å². The summed E-state index contributed by atoms with van der Waals surface area (Å²) in [6.45, 7) is 0.404. The number of ether oxygens (including phenoxy) is 1. The zero-order valence-electron chi connectivity index (χ0n) is 13.9. The molecule has 0 atom stereocenters. The van der Waals surface area contributed by atoms with Crippen molar-refractivity contribution in [3.8, 4) is 11.5 Å². The van der Waals surface area contributed by atoms with Gasteiger partial charge in [0.15, 0.2) is 11.5 Å². The highest BCUT2D eigenvalue weighted by Gasteiger charge is 2.35. The number of halogens is 5. The number of hydrogen-bond donors (Lipinski definition) is 0. The fourth-order valence-electron chi connectivity index (χ4n) is 1.89. The molecule has 0 aliphatic rings. The van der Waals surface area contributed by atoms with Crippen molar-refractivity contribution in [2.45, 2.75) is 12.9 Å². The molecule has 0 fully saturated rings. The highest BCUT2D eigenvalue weighted by molar-refractivity contribution is 9.10. The number of aromatic nitrogens is 3. The fraction of sp³-hybridized carbons (Fsp3) is 0.467. The zero-order valence-corrected chi connectivity index (χ0v) is 17.1. The van der Waals surface area contributed by atoms with Gasteiger partial charge >= 0.3 is 6.18 Å². The lowest BCUT2D eigenvalue weighted by atomic mass is 10.3. The number of nitrogens with zero attached hydrogens (tertiary/aromatic N) is 3. The van der Waals surface area contributed by atoms with Crippen molar-refractivity contribution in [3.63, 3.8) is 0 Å². The van der Waals surface area contributed by atoms with Gasteiger partial charge in [-0.15, -0.1) is 0 Å². The van der Waals surface area contributed by atoms with Crippen LogP contribution >= 0.6 is 37.6 Å². The Morgan fingerprint density at radius 2 is 2.00 bits per heavy atom. The zero-order chi connectivity index (χ0) is 18.8. The third-order valence-corrected chi connectivity index (χ3v) is 5.27. The molecular weight excluding hydrogens is 443 g/mol. The summed E-state index contributed by atoms with van der Waals surface area (Å²) < 4.78 is 46.5. The van der Waals surface area contributed by atoms with E-state index in [9.17, 15) is 13.2 Å². The second-order valence-corrected chi connectivity index (χ2v) is 12.1. The Labute approximate surface area is 159 Å². The van der Waals surface area contributed by atoms with E-state index >= 15 is 0 Å². The molecule has 10 heteroatoms. The molecule has 2 aromatic rings. The molecule has 0 N–H and O–H groups in total. The fourth-order valence-corrected chi connectivity index (χ4v) is 3.22. The van der Waals surface area contributed by atoms with E-state index < -0.39 is 21.9 Å². The normalized spacial score (nSPS) is 13.3. The molecular formula is C15H18BrClF3N3OS. The minimum absolute atomic E-state index is 0.0212. The predicted molar refractivity (Wildman–Crippen MR) is 99.4 cm³/mol. The van der Waals surface area contributed by atoms with Gasteiger partial charge in [-0.05, 0) is 40.8 Å². The van der Waals surface area contributed by atoms with Crippen molar-refractivity contribution in [1.29, 1.82) is 0 Å². The van der Waals surface area contributed by atoms with Crippen LogP contribution in [0.3, 0.4) is 0 Å². The lowest BCUT2D eigenvalue weighted by molar-refractivity contribution is -0.141. The average molecular weight is 461 g/mol. The molecule has 2 heterocycles. The molecule has 2 rings (SSSR count). The summed E-state index contributed by atoms with van der Waals surface area (Å²) in [4.78, 5) is 7.76. The van der Waals surface area contributed by atoms with E-state index in [0.29, 0.717) is 11.1 Å². The smallest absolute Gasteiger partial charge is 0.360 e. The number of imidazole rings is 1.